The van der Waals surface area contributed by atoms with Crippen LogP contribution in [0.2, 0.25) is 0 Å². The molecule has 0 aliphatic rings. The average molecular weight is 352 g/mol. The maximum atomic E-state index is 12.3. The van der Waals surface area contributed by atoms with Gasteiger partial charge in [0.2, 0.25) is 0 Å². The van der Waals surface area contributed by atoms with Gasteiger partial charge in [0.1, 0.15) is 0 Å². The van der Waals surface area contributed by atoms with E-state index in [2.05, 4.69) is 21.2 Å². The Morgan fingerprint density at radius 3 is 2.16 bits per heavy atom. The summed E-state index contributed by atoms with van der Waals surface area (Å²) in [7, 11) is 0. The number of nitrogens with one attached hydrogen (secondary N) is 1. The number of rotatable bonds is 3. The van der Waals surface area contributed by atoms with Crippen LogP contribution in [0.1, 0.15) is 5.56 Å². The molecule has 0 aromatic heterocycles. The molecule has 0 bridgehead atoms. The van der Waals surface area contributed by atoms with Crippen LogP contribution in [0.5, 0.6) is 0 Å². The van der Waals surface area contributed by atoms with Gasteiger partial charge in [0.25, 0.3) is 0 Å². The smallest absolute Gasteiger partial charge is 0.382 e. The molecule has 0 saturated carbocycles. The molecule has 2 N–H and O–H groups in total. The highest BCUT2D eigenvalue weighted by Gasteiger charge is 2.38. The Morgan fingerprint density at radius 2 is 1.74 bits per heavy atom. The molecule has 1 aromatic rings. The predicted molar refractivity (Wildman–Crippen MR) is 59.7 cm³/mol. The quantitative estimate of drug-likeness (QED) is 0.812. The molecule has 2 nitrogen and oxygen atoms in total. The summed E-state index contributed by atoms with van der Waals surface area (Å²) in [5.74, 6) is 0. The molecule has 19 heavy (non-hydrogen) atoms. The summed E-state index contributed by atoms with van der Waals surface area (Å²) in [6.07, 6.45) is -11.9. The molecule has 0 aliphatic carbocycles. The summed E-state index contributed by atoms with van der Waals surface area (Å²) in [6.45, 7) is -0.854. The Labute approximate surface area is 112 Å². The summed E-state index contributed by atoms with van der Waals surface area (Å²) < 4.78 is 73.0. The minimum Gasteiger partial charge on any atom is -0.382 e. The minimum absolute atomic E-state index is 0.0244. The molecule has 0 fully saturated rings. The molecule has 1 unspecified atom stereocenters. The lowest BCUT2D eigenvalue weighted by atomic mass is 10.2. The number of halogens is 7. The molecule has 0 radical (unpaired) electrons. The van der Waals surface area contributed by atoms with Crippen LogP contribution in [-0.4, -0.2) is 23.9 Å². The number of benzene rings is 1. The lowest BCUT2D eigenvalue weighted by Gasteiger charge is -2.17. The van der Waals surface area contributed by atoms with Crippen LogP contribution >= 0.6 is 15.9 Å². The van der Waals surface area contributed by atoms with Crippen molar-refractivity contribution in [3.63, 3.8) is 0 Å². The van der Waals surface area contributed by atoms with Crippen LogP contribution in [0.15, 0.2) is 22.7 Å². The van der Waals surface area contributed by atoms with Crippen molar-refractivity contribution in [2.45, 2.75) is 18.5 Å². The van der Waals surface area contributed by atoms with E-state index in [-0.39, 0.29) is 10.2 Å². The Morgan fingerprint density at radius 1 is 1.16 bits per heavy atom. The number of hydrogen-bond donors (Lipinski definition) is 2. The van der Waals surface area contributed by atoms with Crippen molar-refractivity contribution in [2.75, 3.05) is 11.9 Å². The van der Waals surface area contributed by atoms with Gasteiger partial charge >= 0.3 is 12.4 Å². The monoisotopic (exact) mass is 351 g/mol. The zero-order valence-electron chi connectivity index (χ0n) is 9.11. The van der Waals surface area contributed by atoms with E-state index in [4.69, 9.17) is 5.11 Å². The molecule has 1 atom stereocenters. The second kappa shape index (κ2) is 5.58. The van der Waals surface area contributed by atoms with Crippen molar-refractivity contribution >= 4 is 21.6 Å². The van der Waals surface area contributed by atoms with Gasteiger partial charge in [-0.1, -0.05) is 0 Å². The van der Waals surface area contributed by atoms with Crippen molar-refractivity contribution in [3.05, 3.63) is 28.2 Å². The summed E-state index contributed by atoms with van der Waals surface area (Å²) in [4.78, 5) is 0. The van der Waals surface area contributed by atoms with Crippen molar-refractivity contribution in [3.8, 4) is 0 Å². The fourth-order valence-electron chi connectivity index (χ4n) is 1.16. The Bertz CT molecular complexity index is 445. The number of aliphatic hydroxyl groups is 1. The van der Waals surface area contributed by atoms with Gasteiger partial charge in [-0.2, -0.15) is 26.3 Å². The first-order valence-corrected chi connectivity index (χ1v) is 5.66. The minimum atomic E-state index is -4.79. The van der Waals surface area contributed by atoms with Gasteiger partial charge in [-0.05, 0) is 34.1 Å². The largest absolute Gasteiger partial charge is 0.416 e. The van der Waals surface area contributed by atoms with Gasteiger partial charge < -0.3 is 10.4 Å². The second-order valence-corrected chi connectivity index (χ2v) is 4.49. The van der Waals surface area contributed by atoms with Crippen LogP contribution in [0.3, 0.4) is 0 Å². The van der Waals surface area contributed by atoms with Crippen LogP contribution < -0.4 is 5.32 Å². The number of alkyl halides is 6. The summed E-state index contributed by atoms with van der Waals surface area (Å²) >= 11 is 2.81. The van der Waals surface area contributed by atoms with Crippen LogP contribution in [0.4, 0.5) is 32.0 Å². The third-order valence-electron chi connectivity index (χ3n) is 2.16. The van der Waals surface area contributed by atoms with Crippen LogP contribution in [-0.2, 0) is 6.18 Å². The fourth-order valence-corrected chi connectivity index (χ4v) is 1.68. The zero-order valence-corrected chi connectivity index (χ0v) is 10.7. The first-order chi connectivity index (χ1) is 8.51. The molecular formula is C10H8BrF6NO. The van der Waals surface area contributed by atoms with Gasteiger partial charge in [-0.15, -0.1) is 0 Å². The maximum absolute atomic E-state index is 12.3. The lowest BCUT2D eigenvalue weighted by molar-refractivity contribution is -0.198. The van der Waals surface area contributed by atoms with Gasteiger partial charge in [0, 0.05) is 16.7 Å². The average Bonchev–Trinajstić information content (AvgIpc) is 2.24. The summed E-state index contributed by atoms with van der Waals surface area (Å²) in [5.41, 5.74) is -0.905. The molecule has 0 amide bonds. The molecule has 0 aliphatic heterocycles. The second-order valence-electron chi connectivity index (χ2n) is 3.63. The lowest BCUT2D eigenvalue weighted by Crippen LogP contribution is -2.35. The third kappa shape index (κ3) is 4.57. The van der Waals surface area contributed by atoms with E-state index in [1.165, 1.54) is 0 Å². The molecule has 1 aromatic carbocycles. The maximum Gasteiger partial charge on any atom is 0.416 e. The highest BCUT2D eigenvalue weighted by molar-refractivity contribution is 9.10. The Kier molecular flexibility index (Phi) is 4.72. The zero-order chi connectivity index (χ0) is 14.8. The van der Waals surface area contributed by atoms with Gasteiger partial charge in [0.05, 0.1) is 5.56 Å². The van der Waals surface area contributed by atoms with Crippen molar-refractivity contribution in [1.82, 2.24) is 0 Å². The first kappa shape index (κ1) is 16.1. The standard InChI is InChI=1S/C10H8BrF6NO/c11-6-3-5(9(12,13)14)1-2-7(6)18-4-8(19)10(15,16)17/h1-3,8,18-19H,4H2. The van der Waals surface area contributed by atoms with E-state index in [0.717, 1.165) is 18.2 Å². The van der Waals surface area contributed by atoms with Gasteiger partial charge in [0.15, 0.2) is 6.10 Å². The molecule has 0 saturated heterocycles. The molecule has 1 rings (SSSR count). The first-order valence-electron chi connectivity index (χ1n) is 4.87. The van der Waals surface area contributed by atoms with Crippen LogP contribution in [0, 0.1) is 0 Å². The van der Waals surface area contributed by atoms with E-state index < -0.39 is 30.6 Å². The van der Waals surface area contributed by atoms with Crippen molar-refractivity contribution < 1.29 is 31.4 Å². The Balaban J connectivity index is 2.77. The highest BCUT2D eigenvalue weighted by atomic mass is 79.9. The summed E-state index contributed by atoms with van der Waals surface area (Å²) in [6, 6.07) is 2.45. The normalized spacial score (nSPS) is 14.3. The van der Waals surface area contributed by atoms with Gasteiger partial charge in [-0.25, -0.2) is 0 Å². The molecule has 9 heteroatoms. The SMILES string of the molecule is OC(CNc1ccc(C(F)(F)F)cc1Br)C(F)(F)F. The number of anilines is 1. The third-order valence-corrected chi connectivity index (χ3v) is 2.82. The number of aliphatic hydroxyl groups excluding tert-OH is 1. The molecule has 108 valence electrons. The van der Waals surface area contributed by atoms with E-state index in [1.54, 1.807) is 0 Å². The number of hydrogen-bond acceptors (Lipinski definition) is 2. The fraction of sp³-hybridized carbons (Fsp3) is 0.400. The van der Waals surface area contributed by atoms with E-state index in [9.17, 15) is 26.3 Å². The van der Waals surface area contributed by atoms with Gasteiger partial charge in [-0.3, -0.25) is 0 Å². The Hall–Kier alpha value is -0.960. The van der Waals surface area contributed by atoms with Crippen LogP contribution in [0.25, 0.3) is 0 Å². The van der Waals surface area contributed by atoms with Crippen molar-refractivity contribution in [2.24, 2.45) is 0 Å². The van der Waals surface area contributed by atoms with E-state index in [0.29, 0.717) is 0 Å². The van der Waals surface area contributed by atoms with Crippen molar-refractivity contribution in [1.29, 1.82) is 0 Å². The highest BCUT2D eigenvalue weighted by Crippen LogP contribution is 2.34. The van der Waals surface area contributed by atoms with E-state index in [1.807, 2.05) is 0 Å². The summed E-state index contributed by atoms with van der Waals surface area (Å²) in [5, 5.41) is 11.0. The molecule has 0 heterocycles. The molecule has 0 spiro atoms. The predicted octanol–water partition coefficient (Wildman–Crippen LogP) is 3.80. The topological polar surface area (TPSA) is 32.3 Å². The van der Waals surface area contributed by atoms with E-state index >= 15 is 0 Å². The molecular weight excluding hydrogens is 344 g/mol.